The van der Waals surface area contributed by atoms with Gasteiger partial charge in [0.15, 0.2) is 5.96 Å². The predicted molar refractivity (Wildman–Crippen MR) is 96.6 cm³/mol. The molecule has 128 valence electrons. The molecular weight excluding hydrogens is 296 g/mol. The molecule has 0 aromatic rings. The molecule has 0 aliphatic heterocycles. The maximum Gasteiger partial charge on any atom is 0.230 e. The number of carbonyl (C=O) groups is 1. The third-order valence-corrected chi connectivity index (χ3v) is 4.82. The van der Waals surface area contributed by atoms with Crippen molar-refractivity contribution in [2.45, 2.75) is 39.0 Å². The third kappa shape index (κ3) is 5.71. The predicted octanol–water partition coefficient (Wildman–Crippen LogP) is 1.94. The van der Waals surface area contributed by atoms with Crippen molar-refractivity contribution in [1.82, 2.24) is 15.5 Å². The van der Waals surface area contributed by atoms with Crippen LogP contribution in [0, 0.1) is 5.41 Å². The van der Waals surface area contributed by atoms with Crippen molar-refractivity contribution in [2.75, 3.05) is 45.7 Å². The first-order valence-electron chi connectivity index (χ1n) is 8.28. The Morgan fingerprint density at radius 3 is 2.50 bits per heavy atom. The highest BCUT2D eigenvalue weighted by molar-refractivity contribution is 7.98. The summed E-state index contributed by atoms with van der Waals surface area (Å²) in [5.74, 6) is 2.21. The van der Waals surface area contributed by atoms with E-state index in [2.05, 4.69) is 23.8 Å². The van der Waals surface area contributed by atoms with E-state index in [-0.39, 0.29) is 11.3 Å². The Kier molecular flexibility index (Phi) is 8.68. The molecule has 1 rings (SSSR count). The van der Waals surface area contributed by atoms with Crippen molar-refractivity contribution < 1.29 is 4.79 Å². The standard InChI is InChI=1S/C16H32N4OS/c1-5-17-15(18-11-8-12-22-4)19-13-16(9-6-7-10-16)14(21)20(2)3/h5-13H2,1-4H3,(H2,17,18,19). The summed E-state index contributed by atoms with van der Waals surface area (Å²) in [5, 5.41) is 6.64. The van der Waals surface area contributed by atoms with Crippen LogP contribution in [-0.4, -0.2) is 62.5 Å². The summed E-state index contributed by atoms with van der Waals surface area (Å²) in [5.41, 5.74) is -0.287. The molecule has 0 unspecified atom stereocenters. The second-order valence-corrected chi connectivity index (χ2v) is 7.14. The molecule has 0 spiro atoms. The van der Waals surface area contributed by atoms with E-state index < -0.39 is 0 Å². The van der Waals surface area contributed by atoms with Crippen molar-refractivity contribution in [1.29, 1.82) is 0 Å². The lowest BCUT2D eigenvalue weighted by atomic mass is 9.85. The van der Waals surface area contributed by atoms with Gasteiger partial charge in [-0.15, -0.1) is 0 Å². The SMILES string of the molecule is CCNC(=NCC1(C(=O)N(C)C)CCCC1)NCCCSC. The van der Waals surface area contributed by atoms with Crippen LogP contribution in [0.15, 0.2) is 4.99 Å². The monoisotopic (exact) mass is 328 g/mol. The van der Waals surface area contributed by atoms with E-state index in [0.717, 1.165) is 56.9 Å². The van der Waals surface area contributed by atoms with Crippen molar-refractivity contribution >= 4 is 23.6 Å². The molecule has 1 saturated carbocycles. The van der Waals surface area contributed by atoms with Gasteiger partial charge in [0.25, 0.3) is 0 Å². The van der Waals surface area contributed by atoms with Gasteiger partial charge in [0, 0.05) is 27.2 Å². The molecule has 5 nitrogen and oxygen atoms in total. The Balaban J connectivity index is 2.66. The molecule has 0 atom stereocenters. The van der Waals surface area contributed by atoms with Crippen LogP contribution in [-0.2, 0) is 4.79 Å². The van der Waals surface area contributed by atoms with Crippen molar-refractivity contribution in [3.05, 3.63) is 0 Å². The summed E-state index contributed by atoms with van der Waals surface area (Å²) < 4.78 is 0. The number of thioether (sulfide) groups is 1. The van der Waals surface area contributed by atoms with Crippen LogP contribution < -0.4 is 10.6 Å². The van der Waals surface area contributed by atoms with Gasteiger partial charge in [-0.1, -0.05) is 12.8 Å². The first kappa shape index (κ1) is 19.1. The van der Waals surface area contributed by atoms with Crippen LogP contribution in [0.5, 0.6) is 0 Å². The van der Waals surface area contributed by atoms with Crippen LogP contribution in [0.2, 0.25) is 0 Å². The summed E-state index contributed by atoms with van der Waals surface area (Å²) in [4.78, 5) is 19.0. The van der Waals surface area contributed by atoms with Gasteiger partial charge in [0.2, 0.25) is 5.91 Å². The highest BCUT2D eigenvalue weighted by Crippen LogP contribution is 2.39. The molecule has 0 saturated heterocycles. The molecule has 1 aliphatic rings. The molecule has 1 fully saturated rings. The number of rotatable bonds is 8. The van der Waals surface area contributed by atoms with Gasteiger partial charge in [-0.25, -0.2) is 0 Å². The zero-order chi connectivity index (χ0) is 16.4. The normalized spacial score (nSPS) is 17.4. The van der Waals surface area contributed by atoms with E-state index in [9.17, 15) is 4.79 Å². The zero-order valence-electron chi connectivity index (χ0n) is 14.6. The molecule has 1 aliphatic carbocycles. The number of nitrogens with one attached hydrogen (secondary N) is 2. The number of carbonyl (C=O) groups excluding carboxylic acids is 1. The van der Waals surface area contributed by atoms with Gasteiger partial charge in [-0.2, -0.15) is 11.8 Å². The van der Waals surface area contributed by atoms with Crippen molar-refractivity contribution in [3.8, 4) is 0 Å². The molecule has 6 heteroatoms. The van der Waals surface area contributed by atoms with E-state index in [4.69, 9.17) is 4.99 Å². The molecule has 0 radical (unpaired) electrons. The molecule has 0 heterocycles. The molecule has 0 aromatic heterocycles. The topological polar surface area (TPSA) is 56.7 Å². The Labute approximate surface area is 139 Å². The minimum Gasteiger partial charge on any atom is -0.357 e. The molecule has 1 amide bonds. The van der Waals surface area contributed by atoms with Gasteiger partial charge < -0.3 is 15.5 Å². The minimum absolute atomic E-state index is 0.229. The first-order valence-corrected chi connectivity index (χ1v) is 9.68. The lowest BCUT2D eigenvalue weighted by Gasteiger charge is -2.29. The maximum absolute atomic E-state index is 12.5. The largest absolute Gasteiger partial charge is 0.357 e. The molecule has 0 bridgehead atoms. The van der Waals surface area contributed by atoms with Gasteiger partial charge in [-0.05, 0) is 38.2 Å². The number of nitrogens with zero attached hydrogens (tertiary/aromatic N) is 2. The Bertz CT molecular complexity index is 365. The molecule has 22 heavy (non-hydrogen) atoms. The summed E-state index contributed by atoms with van der Waals surface area (Å²) >= 11 is 1.86. The average molecular weight is 329 g/mol. The fourth-order valence-electron chi connectivity index (χ4n) is 2.96. The zero-order valence-corrected chi connectivity index (χ0v) is 15.4. The van der Waals surface area contributed by atoms with E-state index in [1.807, 2.05) is 25.9 Å². The summed E-state index contributed by atoms with van der Waals surface area (Å²) in [6.07, 6.45) is 7.42. The second kappa shape index (κ2) is 9.98. The number of hydrogen-bond donors (Lipinski definition) is 2. The van der Waals surface area contributed by atoms with Gasteiger partial charge in [0.1, 0.15) is 0 Å². The molecular formula is C16H32N4OS. The Morgan fingerprint density at radius 1 is 1.27 bits per heavy atom. The quantitative estimate of drug-likeness (QED) is 0.406. The Morgan fingerprint density at radius 2 is 1.95 bits per heavy atom. The third-order valence-electron chi connectivity index (χ3n) is 4.12. The average Bonchev–Trinajstić information content (AvgIpc) is 2.98. The van der Waals surface area contributed by atoms with Crippen LogP contribution in [0.3, 0.4) is 0 Å². The highest BCUT2D eigenvalue weighted by Gasteiger charge is 2.41. The number of guanidine groups is 1. The fraction of sp³-hybridized carbons (Fsp3) is 0.875. The lowest BCUT2D eigenvalue weighted by Crippen LogP contribution is -2.43. The smallest absolute Gasteiger partial charge is 0.230 e. The highest BCUT2D eigenvalue weighted by atomic mass is 32.2. The van der Waals surface area contributed by atoms with Gasteiger partial charge >= 0.3 is 0 Å². The van der Waals surface area contributed by atoms with E-state index in [0.29, 0.717) is 6.54 Å². The summed E-state index contributed by atoms with van der Waals surface area (Å²) in [6, 6.07) is 0. The number of hydrogen-bond acceptors (Lipinski definition) is 3. The van der Waals surface area contributed by atoms with Crippen LogP contribution in [0.4, 0.5) is 0 Å². The fourth-order valence-corrected chi connectivity index (χ4v) is 3.39. The van der Waals surface area contributed by atoms with Gasteiger partial charge in [-0.3, -0.25) is 9.79 Å². The van der Waals surface area contributed by atoms with Crippen LogP contribution in [0.1, 0.15) is 39.0 Å². The summed E-state index contributed by atoms with van der Waals surface area (Å²) in [6.45, 7) is 4.40. The van der Waals surface area contributed by atoms with E-state index in [1.54, 1.807) is 4.90 Å². The number of aliphatic imine (C=N–C) groups is 1. The second-order valence-electron chi connectivity index (χ2n) is 6.16. The summed E-state index contributed by atoms with van der Waals surface area (Å²) in [7, 11) is 3.69. The minimum atomic E-state index is -0.287. The van der Waals surface area contributed by atoms with Crippen LogP contribution in [0.25, 0.3) is 0 Å². The first-order chi connectivity index (χ1) is 10.6. The van der Waals surface area contributed by atoms with E-state index >= 15 is 0 Å². The van der Waals surface area contributed by atoms with Crippen molar-refractivity contribution in [2.24, 2.45) is 10.4 Å². The van der Waals surface area contributed by atoms with E-state index in [1.165, 1.54) is 0 Å². The molecule has 0 aromatic carbocycles. The van der Waals surface area contributed by atoms with Gasteiger partial charge in [0.05, 0.1) is 12.0 Å². The molecule has 2 N–H and O–H groups in total. The van der Waals surface area contributed by atoms with Crippen molar-refractivity contribution in [3.63, 3.8) is 0 Å². The maximum atomic E-state index is 12.5. The lowest BCUT2D eigenvalue weighted by molar-refractivity contribution is -0.138. The van der Waals surface area contributed by atoms with Crippen LogP contribution >= 0.6 is 11.8 Å². The Hall–Kier alpha value is -0.910. The number of amides is 1.